The summed E-state index contributed by atoms with van der Waals surface area (Å²) in [5.41, 5.74) is 0. The lowest BCUT2D eigenvalue weighted by atomic mass is 10.4. The second kappa shape index (κ2) is 12.5. The first-order chi connectivity index (χ1) is 6.41. The predicted octanol–water partition coefficient (Wildman–Crippen LogP) is -0.992. The Bertz CT molecular complexity index is 85.1. The van der Waals surface area contributed by atoms with E-state index in [1.807, 2.05) is 0 Å². The highest BCUT2D eigenvalue weighted by molar-refractivity contribution is 6.41. The monoisotopic (exact) mass is 238 g/mol. The average Bonchev–Trinajstić information content (AvgIpc) is 2.16. The third-order valence-electron chi connectivity index (χ3n) is 1.67. The molecular formula is C7H22O3Si3. The van der Waals surface area contributed by atoms with E-state index < -0.39 is 10.0 Å². The number of hydrogen-bond donors (Lipinski definition) is 0. The van der Waals surface area contributed by atoms with Crippen molar-refractivity contribution in [2.45, 2.75) is 32.2 Å². The quantitative estimate of drug-likeness (QED) is 0.361. The molecule has 0 N–H and O–H groups in total. The van der Waals surface area contributed by atoms with Crippen molar-refractivity contribution in [2.24, 2.45) is 0 Å². The van der Waals surface area contributed by atoms with Crippen molar-refractivity contribution >= 4 is 30.3 Å². The molecule has 0 heterocycles. The lowest BCUT2D eigenvalue weighted by molar-refractivity contribution is 0.131. The van der Waals surface area contributed by atoms with Crippen LogP contribution in [0, 0.1) is 0 Å². The highest BCUT2D eigenvalue weighted by Gasteiger charge is 1.91. The zero-order valence-electron chi connectivity index (χ0n) is 8.88. The third kappa shape index (κ3) is 12.5. The van der Waals surface area contributed by atoms with Crippen molar-refractivity contribution in [3.63, 3.8) is 0 Å². The van der Waals surface area contributed by atoms with Gasteiger partial charge in [0.2, 0.25) is 0 Å². The van der Waals surface area contributed by atoms with Crippen LogP contribution in [0.25, 0.3) is 0 Å². The van der Waals surface area contributed by atoms with Gasteiger partial charge in [-0.3, -0.25) is 0 Å². The van der Waals surface area contributed by atoms with Gasteiger partial charge in [-0.05, 0) is 18.9 Å². The molecular weight excluding hydrogens is 216 g/mol. The fraction of sp³-hybridized carbons (Fsp3) is 1.00. The molecule has 0 aliphatic rings. The highest BCUT2D eigenvalue weighted by Crippen LogP contribution is 1.93. The van der Waals surface area contributed by atoms with Crippen LogP contribution in [0.3, 0.4) is 0 Å². The van der Waals surface area contributed by atoms with E-state index in [4.69, 9.17) is 13.0 Å². The SMILES string of the molecule is CCCCOCCC[SiH2]O[SiH2]O[SiH3]. The van der Waals surface area contributed by atoms with Crippen LogP contribution in [-0.4, -0.2) is 43.5 Å². The van der Waals surface area contributed by atoms with Crippen molar-refractivity contribution in [2.75, 3.05) is 13.2 Å². The molecule has 6 heteroatoms. The summed E-state index contributed by atoms with van der Waals surface area (Å²) >= 11 is 0. The van der Waals surface area contributed by atoms with Gasteiger partial charge in [0.15, 0.2) is 0 Å². The standard InChI is InChI=1S/C7H22O3Si3/c1-2-3-5-8-6-4-7-12-10-13-9-11/h2-7,12-13H2,1,11H3. The summed E-state index contributed by atoms with van der Waals surface area (Å²) in [7, 11) is 0.0406. The molecule has 0 aromatic rings. The maximum atomic E-state index is 5.45. The highest BCUT2D eigenvalue weighted by atomic mass is 28.3. The molecule has 0 spiro atoms. The molecule has 3 nitrogen and oxygen atoms in total. The molecule has 0 saturated carbocycles. The second-order valence-electron chi connectivity index (χ2n) is 2.99. The van der Waals surface area contributed by atoms with Crippen molar-refractivity contribution in [1.82, 2.24) is 0 Å². The van der Waals surface area contributed by atoms with Gasteiger partial charge in [0.25, 0.3) is 10.0 Å². The van der Waals surface area contributed by atoms with E-state index in [9.17, 15) is 0 Å². The molecule has 0 aliphatic heterocycles. The molecule has 13 heavy (non-hydrogen) atoms. The largest absolute Gasteiger partial charge is 0.449 e. The lowest BCUT2D eigenvalue weighted by Crippen LogP contribution is -2.07. The van der Waals surface area contributed by atoms with Gasteiger partial charge >= 0.3 is 0 Å². The summed E-state index contributed by atoms with van der Waals surface area (Å²) in [5.74, 6) is 0. The Morgan fingerprint density at radius 2 is 2.00 bits per heavy atom. The van der Waals surface area contributed by atoms with Crippen LogP contribution in [0.15, 0.2) is 0 Å². The van der Waals surface area contributed by atoms with E-state index in [1.54, 1.807) is 0 Å². The van der Waals surface area contributed by atoms with E-state index >= 15 is 0 Å². The summed E-state index contributed by atoms with van der Waals surface area (Å²) in [6, 6.07) is 1.24. The minimum atomic E-state index is -0.543. The molecule has 0 rings (SSSR count). The van der Waals surface area contributed by atoms with E-state index in [0.29, 0.717) is 0 Å². The van der Waals surface area contributed by atoms with Crippen LogP contribution in [0.2, 0.25) is 6.04 Å². The van der Waals surface area contributed by atoms with Gasteiger partial charge in [0.1, 0.15) is 20.2 Å². The van der Waals surface area contributed by atoms with Gasteiger partial charge < -0.3 is 13.0 Å². The first-order valence-electron chi connectivity index (χ1n) is 5.06. The first kappa shape index (κ1) is 13.5. The summed E-state index contributed by atoms with van der Waals surface area (Å²) in [6.07, 6.45) is 3.59. The third-order valence-corrected chi connectivity index (χ3v) is 5.22. The topological polar surface area (TPSA) is 27.7 Å². The normalized spacial score (nSPS) is 12.7. The molecule has 0 atom stereocenters. The van der Waals surface area contributed by atoms with E-state index in [1.165, 1.54) is 25.3 Å². The summed E-state index contributed by atoms with van der Waals surface area (Å²) < 4.78 is 15.9. The summed E-state index contributed by atoms with van der Waals surface area (Å²) in [4.78, 5) is 0. The first-order valence-corrected chi connectivity index (χ1v) is 8.61. The van der Waals surface area contributed by atoms with Crippen molar-refractivity contribution < 1.29 is 13.0 Å². The molecule has 0 bridgehead atoms. The van der Waals surface area contributed by atoms with Gasteiger partial charge in [-0.1, -0.05) is 13.3 Å². The van der Waals surface area contributed by atoms with E-state index in [-0.39, 0.29) is 9.76 Å². The van der Waals surface area contributed by atoms with E-state index in [2.05, 4.69) is 6.92 Å². The number of rotatable bonds is 10. The zero-order chi connectivity index (χ0) is 9.78. The van der Waals surface area contributed by atoms with Crippen LogP contribution in [-0.2, 0) is 13.0 Å². The van der Waals surface area contributed by atoms with Crippen molar-refractivity contribution in [1.29, 1.82) is 0 Å². The van der Waals surface area contributed by atoms with Crippen LogP contribution >= 0.6 is 0 Å². The van der Waals surface area contributed by atoms with Gasteiger partial charge in [0.05, 0.1) is 0 Å². The zero-order valence-corrected chi connectivity index (χ0v) is 13.7. The van der Waals surface area contributed by atoms with Crippen LogP contribution in [0.5, 0.6) is 0 Å². The molecule has 0 amide bonds. The van der Waals surface area contributed by atoms with Crippen LogP contribution < -0.4 is 0 Å². The molecule has 0 radical (unpaired) electrons. The lowest BCUT2D eigenvalue weighted by Gasteiger charge is -2.03. The fourth-order valence-corrected chi connectivity index (χ4v) is 4.76. The van der Waals surface area contributed by atoms with Crippen LogP contribution in [0.4, 0.5) is 0 Å². The van der Waals surface area contributed by atoms with Gasteiger partial charge in [-0.15, -0.1) is 0 Å². The molecule has 0 unspecified atom stereocenters. The molecule has 0 aromatic carbocycles. The van der Waals surface area contributed by atoms with E-state index in [0.717, 1.165) is 23.7 Å². The minimum Gasteiger partial charge on any atom is -0.449 e. The molecule has 0 aromatic heterocycles. The van der Waals surface area contributed by atoms with Gasteiger partial charge in [-0.2, -0.15) is 0 Å². The van der Waals surface area contributed by atoms with Gasteiger partial charge in [0, 0.05) is 13.2 Å². The number of unbranched alkanes of at least 4 members (excludes halogenated alkanes) is 1. The Balaban J connectivity index is 2.76. The number of hydrogen-bond acceptors (Lipinski definition) is 3. The maximum Gasteiger partial charge on any atom is 0.282 e. The van der Waals surface area contributed by atoms with Crippen LogP contribution in [0.1, 0.15) is 26.2 Å². The molecule has 0 fully saturated rings. The second-order valence-corrected chi connectivity index (χ2v) is 8.28. The Hall–Kier alpha value is 0.531. The Labute approximate surface area is 89.1 Å². The smallest absolute Gasteiger partial charge is 0.282 e. The number of ether oxygens (including phenoxy) is 1. The molecule has 0 saturated heterocycles. The van der Waals surface area contributed by atoms with Crippen molar-refractivity contribution in [3.05, 3.63) is 0 Å². The molecule has 0 aliphatic carbocycles. The predicted molar refractivity (Wildman–Crippen MR) is 64.3 cm³/mol. The Kier molecular flexibility index (Phi) is 13.0. The molecule has 80 valence electrons. The Morgan fingerprint density at radius 1 is 1.23 bits per heavy atom. The Morgan fingerprint density at radius 3 is 2.69 bits per heavy atom. The summed E-state index contributed by atoms with van der Waals surface area (Å²) in [6.45, 7) is 4.03. The average molecular weight is 239 g/mol. The minimum absolute atomic E-state index is 0.260. The maximum absolute atomic E-state index is 5.45. The fourth-order valence-electron chi connectivity index (χ4n) is 0.899. The summed E-state index contributed by atoms with van der Waals surface area (Å²) in [5, 5.41) is 0. The van der Waals surface area contributed by atoms with Gasteiger partial charge in [-0.25, -0.2) is 0 Å². The van der Waals surface area contributed by atoms with Crippen molar-refractivity contribution in [3.8, 4) is 0 Å².